The molecule has 2 aliphatic rings. The number of thioether (sulfide) groups is 1. The molecule has 0 amide bonds. The first-order chi connectivity index (χ1) is 8.19. The second kappa shape index (κ2) is 4.58. The van der Waals surface area contributed by atoms with E-state index in [-0.39, 0.29) is 0 Å². The van der Waals surface area contributed by atoms with Crippen LogP contribution in [0, 0.1) is 13.8 Å². The Balaban J connectivity index is 1.70. The molecule has 2 aliphatic heterocycles. The summed E-state index contributed by atoms with van der Waals surface area (Å²) in [6.07, 6.45) is 5.26. The van der Waals surface area contributed by atoms with Gasteiger partial charge < -0.3 is 5.32 Å². The number of nitrogens with one attached hydrogen (secondary N) is 1. The minimum absolute atomic E-state index is 0.704. The van der Waals surface area contributed by atoms with Crippen LogP contribution in [0.25, 0.3) is 0 Å². The van der Waals surface area contributed by atoms with Crippen LogP contribution in [-0.2, 0) is 0 Å². The molecule has 0 spiro atoms. The molecule has 3 heterocycles. The first kappa shape index (κ1) is 11.5. The number of rotatable bonds is 2. The van der Waals surface area contributed by atoms with Crippen LogP contribution < -0.4 is 5.32 Å². The Kier molecular flexibility index (Phi) is 3.09. The number of piperidine rings is 1. The minimum atomic E-state index is 0.704. The van der Waals surface area contributed by atoms with Crippen molar-refractivity contribution in [2.24, 2.45) is 0 Å². The van der Waals surface area contributed by atoms with E-state index in [2.05, 4.69) is 15.3 Å². The van der Waals surface area contributed by atoms with Crippen LogP contribution in [0.1, 0.15) is 37.1 Å². The summed E-state index contributed by atoms with van der Waals surface area (Å²) in [5.41, 5.74) is 2.16. The van der Waals surface area contributed by atoms with Gasteiger partial charge in [-0.05, 0) is 45.6 Å². The molecule has 1 N–H and O–H groups in total. The first-order valence-corrected chi connectivity index (χ1v) is 7.32. The largest absolute Gasteiger partial charge is 0.311 e. The zero-order valence-corrected chi connectivity index (χ0v) is 11.3. The van der Waals surface area contributed by atoms with Gasteiger partial charge in [-0.3, -0.25) is 0 Å². The Morgan fingerprint density at radius 3 is 2.29 bits per heavy atom. The van der Waals surface area contributed by atoms with Crippen molar-refractivity contribution in [1.82, 2.24) is 15.3 Å². The van der Waals surface area contributed by atoms with Gasteiger partial charge in [0.2, 0.25) is 0 Å². The molecule has 3 nitrogen and oxygen atoms in total. The predicted octanol–water partition coefficient (Wildman–Crippen LogP) is 2.47. The molecular weight excluding hydrogens is 230 g/mol. The lowest BCUT2D eigenvalue weighted by Gasteiger charge is -2.28. The summed E-state index contributed by atoms with van der Waals surface area (Å²) in [5.74, 6) is 0. The molecule has 0 aliphatic carbocycles. The van der Waals surface area contributed by atoms with Gasteiger partial charge in [0.1, 0.15) is 0 Å². The molecule has 3 rings (SSSR count). The van der Waals surface area contributed by atoms with E-state index >= 15 is 0 Å². The molecule has 0 radical (unpaired) electrons. The minimum Gasteiger partial charge on any atom is -0.311 e. The van der Waals surface area contributed by atoms with Crippen molar-refractivity contribution in [3.05, 3.63) is 17.5 Å². The lowest BCUT2D eigenvalue weighted by Crippen LogP contribution is -2.39. The Bertz CT molecular complexity index is 389. The maximum Gasteiger partial charge on any atom is 0.188 e. The molecule has 2 bridgehead atoms. The predicted molar refractivity (Wildman–Crippen MR) is 70.3 cm³/mol. The lowest BCUT2D eigenvalue weighted by atomic mass is 10.1. The molecule has 2 unspecified atom stereocenters. The monoisotopic (exact) mass is 249 g/mol. The summed E-state index contributed by atoms with van der Waals surface area (Å²) < 4.78 is 0. The zero-order valence-electron chi connectivity index (χ0n) is 10.4. The SMILES string of the molecule is Cc1cc(C)nc(SC2CC3CCC(C2)N3)n1. The summed E-state index contributed by atoms with van der Waals surface area (Å²) >= 11 is 1.88. The van der Waals surface area contributed by atoms with Gasteiger partial charge in [0.05, 0.1) is 0 Å². The summed E-state index contributed by atoms with van der Waals surface area (Å²) in [6.45, 7) is 4.09. The highest BCUT2D eigenvalue weighted by Gasteiger charge is 2.34. The Hall–Kier alpha value is -0.610. The van der Waals surface area contributed by atoms with Gasteiger partial charge in [0.25, 0.3) is 0 Å². The van der Waals surface area contributed by atoms with Crippen LogP contribution in [0.2, 0.25) is 0 Å². The van der Waals surface area contributed by atoms with Crippen molar-refractivity contribution in [3.63, 3.8) is 0 Å². The van der Waals surface area contributed by atoms with Gasteiger partial charge in [0, 0.05) is 28.7 Å². The third-order valence-corrected chi connectivity index (χ3v) is 4.78. The van der Waals surface area contributed by atoms with Crippen LogP contribution in [-0.4, -0.2) is 27.3 Å². The van der Waals surface area contributed by atoms with Crippen LogP contribution >= 0.6 is 11.8 Å². The molecule has 2 saturated heterocycles. The highest BCUT2D eigenvalue weighted by atomic mass is 32.2. The van der Waals surface area contributed by atoms with E-state index in [1.54, 1.807) is 0 Å². The number of hydrogen-bond acceptors (Lipinski definition) is 4. The number of fused-ring (bicyclic) bond motifs is 2. The standard InChI is InChI=1S/C13H19N3S/c1-8-5-9(2)15-13(14-8)17-12-6-10-3-4-11(7-12)16-10/h5,10-12,16H,3-4,6-7H2,1-2H3. The molecule has 0 saturated carbocycles. The third kappa shape index (κ3) is 2.63. The second-order valence-corrected chi connectivity index (χ2v) is 6.55. The van der Waals surface area contributed by atoms with Crippen molar-refractivity contribution >= 4 is 11.8 Å². The van der Waals surface area contributed by atoms with Gasteiger partial charge in [-0.15, -0.1) is 0 Å². The van der Waals surface area contributed by atoms with Gasteiger partial charge in [-0.2, -0.15) is 0 Å². The van der Waals surface area contributed by atoms with Gasteiger partial charge >= 0.3 is 0 Å². The Morgan fingerprint density at radius 1 is 1.12 bits per heavy atom. The highest BCUT2D eigenvalue weighted by Crippen LogP contribution is 2.35. The van der Waals surface area contributed by atoms with Crippen LogP contribution in [0.15, 0.2) is 11.2 Å². The molecule has 2 fully saturated rings. The summed E-state index contributed by atoms with van der Waals surface area (Å²) in [4.78, 5) is 9.06. The molecule has 92 valence electrons. The molecule has 2 atom stereocenters. The van der Waals surface area contributed by atoms with E-state index < -0.39 is 0 Å². The van der Waals surface area contributed by atoms with Gasteiger partial charge in [-0.25, -0.2) is 9.97 Å². The average Bonchev–Trinajstić information content (AvgIpc) is 2.56. The van der Waals surface area contributed by atoms with Crippen LogP contribution in [0.3, 0.4) is 0 Å². The number of nitrogens with zero attached hydrogens (tertiary/aromatic N) is 2. The van der Waals surface area contributed by atoms with E-state index in [1.165, 1.54) is 25.7 Å². The van der Waals surface area contributed by atoms with E-state index in [1.807, 2.05) is 31.7 Å². The van der Waals surface area contributed by atoms with E-state index in [0.29, 0.717) is 5.25 Å². The second-order valence-electron chi connectivity index (χ2n) is 5.28. The smallest absolute Gasteiger partial charge is 0.188 e. The Morgan fingerprint density at radius 2 is 1.71 bits per heavy atom. The normalized spacial score (nSPS) is 31.8. The maximum absolute atomic E-state index is 4.53. The topological polar surface area (TPSA) is 37.8 Å². The number of aromatic nitrogens is 2. The van der Waals surface area contributed by atoms with Gasteiger partial charge in [0.15, 0.2) is 5.16 Å². The number of hydrogen-bond donors (Lipinski definition) is 1. The average molecular weight is 249 g/mol. The fourth-order valence-corrected chi connectivity index (χ4v) is 4.35. The molecule has 1 aromatic heterocycles. The quantitative estimate of drug-likeness (QED) is 0.817. The maximum atomic E-state index is 4.53. The van der Waals surface area contributed by atoms with Crippen molar-refractivity contribution in [1.29, 1.82) is 0 Å². The van der Waals surface area contributed by atoms with E-state index in [9.17, 15) is 0 Å². The molecule has 4 heteroatoms. The summed E-state index contributed by atoms with van der Waals surface area (Å²) in [6, 6.07) is 3.53. The number of aryl methyl sites for hydroxylation is 2. The van der Waals surface area contributed by atoms with Gasteiger partial charge in [-0.1, -0.05) is 11.8 Å². The fraction of sp³-hybridized carbons (Fsp3) is 0.692. The molecule has 0 aromatic carbocycles. The fourth-order valence-electron chi connectivity index (χ4n) is 3.00. The van der Waals surface area contributed by atoms with E-state index in [4.69, 9.17) is 0 Å². The Labute approximate surface area is 107 Å². The lowest BCUT2D eigenvalue weighted by molar-refractivity contribution is 0.414. The van der Waals surface area contributed by atoms with Crippen molar-refractivity contribution in [2.75, 3.05) is 0 Å². The first-order valence-electron chi connectivity index (χ1n) is 6.44. The van der Waals surface area contributed by atoms with Crippen LogP contribution in [0.5, 0.6) is 0 Å². The zero-order chi connectivity index (χ0) is 11.8. The van der Waals surface area contributed by atoms with Crippen LogP contribution in [0.4, 0.5) is 0 Å². The molecular formula is C13H19N3S. The van der Waals surface area contributed by atoms with Crippen molar-refractivity contribution < 1.29 is 0 Å². The molecule has 1 aromatic rings. The van der Waals surface area contributed by atoms with Crippen molar-refractivity contribution in [2.45, 2.75) is 62.0 Å². The summed E-state index contributed by atoms with van der Waals surface area (Å²) in [5, 5.41) is 5.34. The molecule has 17 heavy (non-hydrogen) atoms. The van der Waals surface area contributed by atoms with Crippen molar-refractivity contribution in [3.8, 4) is 0 Å². The summed E-state index contributed by atoms with van der Waals surface area (Å²) in [7, 11) is 0. The highest BCUT2D eigenvalue weighted by molar-refractivity contribution is 7.99. The van der Waals surface area contributed by atoms with E-state index in [0.717, 1.165) is 28.6 Å². The third-order valence-electron chi connectivity index (χ3n) is 3.66.